The summed E-state index contributed by atoms with van der Waals surface area (Å²) in [6.45, 7) is 2.47. The van der Waals surface area contributed by atoms with Crippen LogP contribution in [0.5, 0.6) is 0 Å². The maximum atomic E-state index is 12.0. The number of aromatic nitrogens is 4. The third-order valence-electron chi connectivity index (χ3n) is 2.81. The van der Waals surface area contributed by atoms with Crippen molar-refractivity contribution in [3.8, 4) is 0 Å². The number of hydrogen-bond acceptors (Lipinski definition) is 3. The smallest absolute Gasteiger partial charge is 0.321 e. The van der Waals surface area contributed by atoms with Gasteiger partial charge in [-0.05, 0) is 6.92 Å². The molecule has 0 aliphatic rings. The van der Waals surface area contributed by atoms with Crippen LogP contribution in [-0.4, -0.2) is 18.7 Å². The second kappa shape index (κ2) is 4.81. The van der Waals surface area contributed by atoms with Gasteiger partial charge in [0.05, 0.1) is 12.7 Å². The van der Waals surface area contributed by atoms with Crippen molar-refractivity contribution < 1.29 is 0 Å². The minimum Gasteiger partial charge on any atom is -0.321 e. The molecule has 2 aromatic heterocycles. The van der Waals surface area contributed by atoms with Crippen molar-refractivity contribution in [2.24, 2.45) is 7.05 Å². The van der Waals surface area contributed by atoms with Crippen molar-refractivity contribution in [2.75, 3.05) is 0 Å². The summed E-state index contributed by atoms with van der Waals surface area (Å²) in [6.07, 6.45) is 2.98. The highest BCUT2D eigenvalue weighted by Gasteiger charge is 2.09. The van der Waals surface area contributed by atoms with E-state index in [1.54, 1.807) is 11.6 Å². The Hall–Kier alpha value is -1.82. The first-order chi connectivity index (χ1) is 8.54. The van der Waals surface area contributed by atoms with Crippen molar-refractivity contribution in [1.29, 1.82) is 0 Å². The van der Waals surface area contributed by atoms with E-state index in [0.717, 1.165) is 4.57 Å². The fourth-order valence-corrected chi connectivity index (χ4v) is 1.80. The molecule has 0 aromatic carbocycles. The highest BCUT2D eigenvalue weighted by atomic mass is 35.5. The van der Waals surface area contributed by atoms with Crippen LogP contribution in [0, 0.1) is 0 Å². The molecule has 0 radical (unpaired) electrons. The molecule has 0 aliphatic carbocycles. The molecular weight excluding hydrogens is 256 g/mol. The van der Waals surface area contributed by atoms with Crippen LogP contribution in [-0.2, 0) is 20.1 Å². The average Bonchev–Trinajstić information content (AvgIpc) is 2.66. The van der Waals surface area contributed by atoms with Crippen LogP contribution in [0.1, 0.15) is 12.7 Å². The zero-order valence-electron chi connectivity index (χ0n) is 10.1. The fraction of sp³-hybridized carbons (Fsp3) is 0.364. The quantitative estimate of drug-likeness (QED) is 0.813. The van der Waals surface area contributed by atoms with E-state index < -0.39 is 0 Å². The molecule has 0 amide bonds. The molecule has 0 spiro atoms. The third kappa shape index (κ3) is 2.11. The maximum Gasteiger partial charge on any atom is 0.331 e. The third-order valence-corrected chi connectivity index (χ3v) is 3.16. The Balaban J connectivity index is 2.50. The van der Waals surface area contributed by atoms with E-state index in [2.05, 4.69) is 4.98 Å². The molecule has 0 atom stereocenters. The van der Waals surface area contributed by atoms with Crippen molar-refractivity contribution in [2.45, 2.75) is 20.0 Å². The largest absolute Gasteiger partial charge is 0.331 e. The van der Waals surface area contributed by atoms with Crippen molar-refractivity contribution in [1.82, 2.24) is 18.7 Å². The number of rotatable bonds is 3. The molecule has 0 saturated carbocycles. The molecule has 6 nitrogen and oxygen atoms in total. The second-order valence-corrected chi connectivity index (χ2v) is 4.25. The molecule has 18 heavy (non-hydrogen) atoms. The lowest BCUT2D eigenvalue weighted by Gasteiger charge is -2.08. The van der Waals surface area contributed by atoms with E-state index in [9.17, 15) is 9.59 Å². The predicted octanol–water partition coefficient (Wildman–Crippen LogP) is 0.465. The van der Waals surface area contributed by atoms with Gasteiger partial charge in [-0.15, -0.1) is 0 Å². The number of imidazole rings is 1. The Morgan fingerprint density at radius 1 is 1.39 bits per heavy atom. The molecule has 0 fully saturated rings. The van der Waals surface area contributed by atoms with Gasteiger partial charge in [0.1, 0.15) is 11.0 Å². The maximum absolute atomic E-state index is 12.0. The predicted molar refractivity (Wildman–Crippen MR) is 68.0 cm³/mol. The molecule has 0 N–H and O–H groups in total. The summed E-state index contributed by atoms with van der Waals surface area (Å²) in [5.74, 6) is 0.563. The fourth-order valence-electron chi connectivity index (χ4n) is 1.66. The van der Waals surface area contributed by atoms with Crippen molar-refractivity contribution in [3.63, 3.8) is 0 Å². The molecule has 2 rings (SSSR count). The first-order valence-electron chi connectivity index (χ1n) is 5.51. The van der Waals surface area contributed by atoms with Gasteiger partial charge in [-0.2, -0.15) is 0 Å². The summed E-state index contributed by atoms with van der Waals surface area (Å²) >= 11 is 5.86. The standard InChI is InChI=1S/C11H13ClN4O2/c1-3-15-5-4-10(17)16(11(15)18)7-9-13-6-8(12)14(9)2/h4-6H,3,7H2,1-2H3. The Labute approximate surface area is 108 Å². The van der Waals surface area contributed by atoms with Gasteiger partial charge in [0.25, 0.3) is 5.56 Å². The van der Waals surface area contributed by atoms with E-state index in [0.29, 0.717) is 17.5 Å². The lowest BCUT2D eigenvalue weighted by Crippen LogP contribution is -2.39. The molecule has 0 bridgehead atoms. The van der Waals surface area contributed by atoms with E-state index in [1.807, 2.05) is 6.92 Å². The molecule has 7 heteroatoms. The zero-order valence-corrected chi connectivity index (χ0v) is 10.9. The lowest BCUT2D eigenvalue weighted by molar-refractivity contribution is 0.578. The van der Waals surface area contributed by atoms with Crippen LogP contribution in [0.3, 0.4) is 0 Å². The van der Waals surface area contributed by atoms with E-state index in [-0.39, 0.29) is 17.8 Å². The molecule has 0 unspecified atom stereocenters. The minimum atomic E-state index is -0.344. The van der Waals surface area contributed by atoms with E-state index in [1.165, 1.54) is 23.0 Å². The highest BCUT2D eigenvalue weighted by Crippen LogP contribution is 2.08. The minimum absolute atomic E-state index is 0.113. The summed E-state index contributed by atoms with van der Waals surface area (Å²) in [5, 5.41) is 0.463. The second-order valence-electron chi connectivity index (χ2n) is 3.86. The topological polar surface area (TPSA) is 61.8 Å². The molecule has 2 heterocycles. The summed E-state index contributed by atoms with van der Waals surface area (Å²) in [4.78, 5) is 27.8. The number of aryl methyl sites for hydroxylation is 1. The Bertz CT molecular complexity index is 683. The van der Waals surface area contributed by atoms with Crippen LogP contribution in [0.4, 0.5) is 0 Å². The Morgan fingerprint density at radius 3 is 2.67 bits per heavy atom. The normalized spacial score (nSPS) is 10.8. The average molecular weight is 269 g/mol. The van der Waals surface area contributed by atoms with Gasteiger partial charge in [0, 0.05) is 25.9 Å². The Morgan fingerprint density at radius 2 is 2.11 bits per heavy atom. The summed E-state index contributed by atoms with van der Waals surface area (Å²) in [7, 11) is 1.73. The van der Waals surface area contributed by atoms with Gasteiger partial charge in [-0.25, -0.2) is 9.78 Å². The number of nitrogens with zero attached hydrogens (tertiary/aromatic N) is 4. The van der Waals surface area contributed by atoms with Crippen LogP contribution in [0.25, 0.3) is 0 Å². The van der Waals surface area contributed by atoms with Crippen LogP contribution >= 0.6 is 11.6 Å². The monoisotopic (exact) mass is 268 g/mol. The first-order valence-corrected chi connectivity index (χ1v) is 5.88. The van der Waals surface area contributed by atoms with Crippen molar-refractivity contribution in [3.05, 3.63) is 50.3 Å². The molecule has 0 aliphatic heterocycles. The van der Waals surface area contributed by atoms with Gasteiger partial charge in [-0.3, -0.25) is 9.36 Å². The molecule has 2 aromatic rings. The highest BCUT2D eigenvalue weighted by molar-refractivity contribution is 6.29. The summed E-state index contributed by atoms with van der Waals surface area (Å²) in [5.41, 5.74) is -0.687. The molecule has 96 valence electrons. The molecule has 0 saturated heterocycles. The first kappa shape index (κ1) is 12.6. The van der Waals surface area contributed by atoms with Gasteiger partial charge in [0.15, 0.2) is 0 Å². The van der Waals surface area contributed by atoms with E-state index in [4.69, 9.17) is 11.6 Å². The SMILES string of the molecule is CCn1ccc(=O)n(Cc2ncc(Cl)n2C)c1=O. The number of halogens is 1. The lowest BCUT2D eigenvalue weighted by atomic mass is 10.5. The van der Waals surface area contributed by atoms with Crippen LogP contribution < -0.4 is 11.2 Å². The van der Waals surface area contributed by atoms with Gasteiger partial charge < -0.3 is 9.13 Å². The molecular formula is C11H13ClN4O2. The summed E-state index contributed by atoms with van der Waals surface area (Å²) in [6, 6.07) is 1.37. The summed E-state index contributed by atoms with van der Waals surface area (Å²) < 4.78 is 4.24. The van der Waals surface area contributed by atoms with E-state index >= 15 is 0 Å². The van der Waals surface area contributed by atoms with Gasteiger partial charge in [-0.1, -0.05) is 11.6 Å². The Kier molecular flexibility index (Phi) is 3.38. The number of hydrogen-bond donors (Lipinski definition) is 0. The van der Waals surface area contributed by atoms with Crippen molar-refractivity contribution >= 4 is 11.6 Å². The van der Waals surface area contributed by atoms with Gasteiger partial charge >= 0.3 is 5.69 Å². The zero-order chi connectivity index (χ0) is 13.3. The van der Waals surface area contributed by atoms with Crippen LogP contribution in [0.15, 0.2) is 28.0 Å². The van der Waals surface area contributed by atoms with Gasteiger partial charge in [0.2, 0.25) is 0 Å². The van der Waals surface area contributed by atoms with Crippen LogP contribution in [0.2, 0.25) is 5.15 Å².